The van der Waals surface area contributed by atoms with E-state index in [1.54, 1.807) is 36.4 Å². The fourth-order valence-corrected chi connectivity index (χ4v) is 2.99. The summed E-state index contributed by atoms with van der Waals surface area (Å²) in [4.78, 5) is 12.4. The monoisotopic (exact) mass is 435 g/mol. The average Bonchev–Trinajstić information content (AvgIpc) is 3.29. The van der Waals surface area contributed by atoms with E-state index >= 15 is 0 Å². The molecule has 1 amide bonds. The van der Waals surface area contributed by atoms with Gasteiger partial charge in [0.25, 0.3) is 5.91 Å². The smallest absolute Gasteiger partial charge is 0.387 e. The van der Waals surface area contributed by atoms with Gasteiger partial charge in [0.05, 0.1) is 0 Å². The summed E-state index contributed by atoms with van der Waals surface area (Å²) < 4.78 is 34.5. The predicted octanol–water partition coefficient (Wildman–Crippen LogP) is 5.24. The number of hydrogen-bond acceptors (Lipinski definition) is 5. The highest BCUT2D eigenvalue weighted by atomic mass is 19.3. The number of hydrogen-bond donors (Lipinski definition) is 1. The number of aryl methyl sites for hydroxylation is 1. The highest BCUT2D eigenvalue weighted by Crippen LogP contribution is 2.24. The van der Waals surface area contributed by atoms with Gasteiger partial charge in [-0.15, -0.1) is 10.2 Å². The molecule has 4 rings (SSSR count). The lowest BCUT2D eigenvalue weighted by molar-refractivity contribution is -0.0498. The minimum absolute atomic E-state index is 0.0669. The number of amides is 1. The summed E-state index contributed by atoms with van der Waals surface area (Å²) >= 11 is 0. The van der Waals surface area contributed by atoms with Gasteiger partial charge >= 0.3 is 6.61 Å². The summed E-state index contributed by atoms with van der Waals surface area (Å²) in [6.07, 6.45) is 0. The van der Waals surface area contributed by atoms with Gasteiger partial charge in [0.2, 0.25) is 11.8 Å². The van der Waals surface area contributed by atoms with Crippen molar-refractivity contribution in [2.75, 3.05) is 0 Å². The van der Waals surface area contributed by atoms with Crippen LogP contribution in [0.25, 0.3) is 22.9 Å². The van der Waals surface area contributed by atoms with Crippen LogP contribution >= 0.6 is 0 Å². The Labute approximate surface area is 182 Å². The SMILES string of the molecule is Cc1ccc(-c2nnc(-c3ccc(C(=O)NCc4ccc(OC(F)F)cc4)cc3)o2)cc1. The molecule has 1 heterocycles. The second kappa shape index (κ2) is 9.38. The molecule has 1 N–H and O–H groups in total. The quantitative estimate of drug-likeness (QED) is 0.429. The Morgan fingerprint density at radius 1 is 0.906 bits per heavy atom. The maximum atomic E-state index is 12.4. The summed E-state index contributed by atoms with van der Waals surface area (Å²) in [5, 5.41) is 11.0. The normalized spacial score (nSPS) is 10.9. The van der Waals surface area contributed by atoms with E-state index in [0.717, 1.165) is 16.7 Å². The van der Waals surface area contributed by atoms with E-state index in [-0.39, 0.29) is 18.2 Å². The Morgan fingerprint density at radius 3 is 2.03 bits per heavy atom. The Kier molecular flexibility index (Phi) is 6.21. The Morgan fingerprint density at radius 2 is 1.47 bits per heavy atom. The highest BCUT2D eigenvalue weighted by molar-refractivity contribution is 5.94. The van der Waals surface area contributed by atoms with Gasteiger partial charge in [-0.3, -0.25) is 4.79 Å². The first-order valence-electron chi connectivity index (χ1n) is 9.81. The van der Waals surface area contributed by atoms with Gasteiger partial charge < -0.3 is 14.5 Å². The molecule has 3 aromatic carbocycles. The predicted molar refractivity (Wildman–Crippen MR) is 114 cm³/mol. The molecule has 0 saturated carbocycles. The number of aromatic nitrogens is 2. The molecule has 0 saturated heterocycles. The number of carbonyl (C=O) groups is 1. The number of halogens is 2. The summed E-state index contributed by atoms with van der Waals surface area (Å²) in [6, 6.07) is 20.7. The molecular weight excluding hydrogens is 416 g/mol. The van der Waals surface area contributed by atoms with Crippen LogP contribution in [0.2, 0.25) is 0 Å². The van der Waals surface area contributed by atoms with Gasteiger partial charge in [-0.1, -0.05) is 29.8 Å². The first-order chi connectivity index (χ1) is 15.5. The lowest BCUT2D eigenvalue weighted by atomic mass is 10.1. The maximum absolute atomic E-state index is 12.4. The van der Waals surface area contributed by atoms with Crippen LogP contribution in [0.4, 0.5) is 8.78 Å². The number of nitrogens with one attached hydrogen (secondary N) is 1. The molecular formula is C24H19F2N3O3. The van der Waals surface area contributed by atoms with Crippen LogP contribution in [0.5, 0.6) is 5.75 Å². The zero-order valence-corrected chi connectivity index (χ0v) is 17.1. The standard InChI is InChI=1S/C24H19F2N3O3/c1-15-2-6-18(7-3-15)22-28-29-23(32-22)19-10-8-17(9-11-19)21(30)27-14-16-4-12-20(13-5-16)31-24(25)26/h2-13,24H,14H2,1H3,(H,27,30). The molecule has 0 atom stereocenters. The van der Waals surface area contributed by atoms with Crippen molar-refractivity contribution in [2.24, 2.45) is 0 Å². The lowest BCUT2D eigenvalue weighted by Gasteiger charge is -2.08. The van der Waals surface area contributed by atoms with Crippen LogP contribution in [0, 0.1) is 6.92 Å². The van der Waals surface area contributed by atoms with E-state index < -0.39 is 6.61 Å². The van der Waals surface area contributed by atoms with Crippen LogP contribution in [-0.2, 0) is 6.54 Å². The number of ether oxygens (including phenoxy) is 1. The molecule has 8 heteroatoms. The van der Waals surface area contributed by atoms with Gasteiger partial charge in [0.15, 0.2) is 0 Å². The van der Waals surface area contributed by atoms with Crippen molar-refractivity contribution >= 4 is 5.91 Å². The molecule has 32 heavy (non-hydrogen) atoms. The fourth-order valence-electron chi connectivity index (χ4n) is 2.99. The fraction of sp³-hybridized carbons (Fsp3) is 0.125. The molecule has 162 valence electrons. The minimum atomic E-state index is -2.87. The van der Waals surface area contributed by atoms with Gasteiger partial charge in [0.1, 0.15) is 5.75 Å². The first kappa shape index (κ1) is 21.2. The van der Waals surface area contributed by atoms with Crippen molar-refractivity contribution in [3.8, 4) is 28.7 Å². The third kappa shape index (κ3) is 5.15. The molecule has 0 unspecified atom stereocenters. The summed E-state index contributed by atoms with van der Waals surface area (Å²) in [6.45, 7) is -0.619. The van der Waals surface area contributed by atoms with Crippen LogP contribution in [-0.4, -0.2) is 22.7 Å². The highest BCUT2D eigenvalue weighted by Gasteiger charge is 2.12. The van der Waals surface area contributed by atoms with Gasteiger partial charge in [-0.05, 0) is 61.0 Å². The van der Waals surface area contributed by atoms with Crippen LogP contribution in [0.1, 0.15) is 21.5 Å². The zero-order valence-electron chi connectivity index (χ0n) is 17.1. The van der Waals surface area contributed by atoms with Crippen molar-refractivity contribution in [3.63, 3.8) is 0 Å². The zero-order chi connectivity index (χ0) is 22.5. The molecule has 0 aliphatic heterocycles. The van der Waals surface area contributed by atoms with Crippen LogP contribution < -0.4 is 10.1 Å². The van der Waals surface area contributed by atoms with Crippen LogP contribution in [0.15, 0.2) is 77.2 Å². The third-order valence-electron chi connectivity index (χ3n) is 4.72. The number of alkyl halides is 2. The van der Waals surface area contributed by atoms with E-state index in [4.69, 9.17) is 4.42 Å². The van der Waals surface area contributed by atoms with E-state index in [1.807, 2.05) is 31.2 Å². The van der Waals surface area contributed by atoms with E-state index in [0.29, 0.717) is 22.9 Å². The number of nitrogens with zero attached hydrogens (tertiary/aromatic N) is 2. The summed E-state index contributed by atoms with van der Waals surface area (Å²) in [7, 11) is 0. The Hall–Kier alpha value is -4.07. The van der Waals surface area contributed by atoms with Crippen LogP contribution in [0.3, 0.4) is 0 Å². The molecule has 0 aliphatic rings. The van der Waals surface area contributed by atoms with Gasteiger partial charge in [-0.2, -0.15) is 8.78 Å². The third-order valence-corrected chi connectivity index (χ3v) is 4.72. The molecule has 6 nitrogen and oxygen atoms in total. The Bertz CT molecular complexity index is 1190. The molecule has 0 aliphatic carbocycles. The second-order valence-corrected chi connectivity index (χ2v) is 7.06. The van der Waals surface area contributed by atoms with Crippen molar-refractivity contribution in [1.82, 2.24) is 15.5 Å². The topological polar surface area (TPSA) is 77.2 Å². The molecule has 0 spiro atoms. The lowest BCUT2D eigenvalue weighted by Crippen LogP contribution is -2.22. The van der Waals surface area contributed by atoms with E-state index in [2.05, 4.69) is 20.3 Å². The largest absolute Gasteiger partial charge is 0.435 e. The van der Waals surface area contributed by atoms with Crippen molar-refractivity contribution < 1.29 is 22.7 Å². The molecule has 0 radical (unpaired) electrons. The summed E-state index contributed by atoms with van der Waals surface area (Å²) in [5.74, 6) is 0.581. The first-order valence-corrected chi connectivity index (χ1v) is 9.81. The van der Waals surface area contributed by atoms with Crippen molar-refractivity contribution in [2.45, 2.75) is 20.1 Å². The van der Waals surface area contributed by atoms with Gasteiger partial charge in [0, 0.05) is 23.2 Å². The molecule has 0 fully saturated rings. The number of rotatable bonds is 7. The minimum Gasteiger partial charge on any atom is -0.435 e. The molecule has 0 bridgehead atoms. The molecule has 4 aromatic rings. The van der Waals surface area contributed by atoms with Crippen molar-refractivity contribution in [3.05, 3.63) is 89.5 Å². The average molecular weight is 435 g/mol. The van der Waals surface area contributed by atoms with E-state index in [9.17, 15) is 13.6 Å². The summed E-state index contributed by atoms with van der Waals surface area (Å²) in [5.41, 5.74) is 3.89. The second-order valence-electron chi connectivity index (χ2n) is 7.06. The maximum Gasteiger partial charge on any atom is 0.387 e. The van der Waals surface area contributed by atoms with E-state index in [1.165, 1.54) is 12.1 Å². The number of benzene rings is 3. The van der Waals surface area contributed by atoms with Crippen molar-refractivity contribution in [1.29, 1.82) is 0 Å². The molecule has 1 aromatic heterocycles. The Balaban J connectivity index is 1.37. The number of carbonyl (C=O) groups excluding carboxylic acids is 1. The van der Waals surface area contributed by atoms with Gasteiger partial charge in [-0.25, -0.2) is 0 Å².